The minimum Gasteiger partial charge on any atom is -0.364 e. The van der Waals surface area contributed by atoms with Crippen molar-refractivity contribution in [2.24, 2.45) is 5.73 Å². The number of primary amides is 1. The van der Waals surface area contributed by atoms with Gasteiger partial charge in [0.2, 0.25) is 0 Å². The van der Waals surface area contributed by atoms with Crippen molar-refractivity contribution in [2.75, 3.05) is 0 Å². The van der Waals surface area contributed by atoms with Crippen molar-refractivity contribution in [2.45, 2.75) is 6.92 Å². The van der Waals surface area contributed by atoms with Crippen LogP contribution in [0.1, 0.15) is 16.1 Å². The predicted octanol–water partition coefficient (Wildman–Crippen LogP) is 0.137. The van der Waals surface area contributed by atoms with E-state index in [0.29, 0.717) is 5.65 Å². The first-order valence-corrected chi connectivity index (χ1v) is 3.78. The van der Waals surface area contributed by atoms with Crippen LogP contribution < -0.4 is 5.73 Å². The Balaban J connectivity index is 2.68. The molecule has 0 unspecified atom stereocenters. The molecule has 2 heterocycles. The van der Waals surface area contributed by atoms with Gasteiger partial charge in [0, 0.05) is 18.5 Å². The van der Waals surface area contributed by atoms with Crippen LogP contribution in [-0.4, -0.2) is 20.5 Å². The van der Waals surface area contributed by atoms with Gasteiger partial charge in [0.1, 0.15) is 0 Å². The summed E-state index contributed by atoms with van der Waals surface area (Å²) in [5.41, 5.74) is 6.91. The van der Waals surface area contributed by atoms with Gasteiger partial charge in [0.25, 0.3) is 5.91 Å². The SMILES string of the molecule is Cc1cnc2cc(C(N)=O)nn2c1. The van der Waals surface area contributed by atoms with Crippen LogP contribution in [0.3, 0.4) is 0 Å². The number of carbonyl (C=O) groups is 1. The topological polar surface area (TPSA) is 73.3 Å². The third-order valence-corrected chi connectivity index (χ3v) is 1.69. The molecule has 66 valence electrons. The number of nitrogens with two attached hydrogens (primary N) is 1. The van der Waals surface area contributed by atoms with Crippen molar-refractivity contribution >= 4 is 11.6 Å². The summed E-state index contributed by atoms with van der Waals surface area (Å²) >= 11 is 0. The van der Waals surface area contributed by atoms with E-state index in [4.69, 9.17) is 5.73 Å². The maximum absolute atomic E-state index is 10.8. The molecule has 0 bridgehead atoms. The maximum Gasteiger partial charge on any atom is 0.269 e. The van der Waals surface area contributed by atoms with Gasteiger partial charge in [-0.1, -0.05) is 0 Å². The second kappa shape index (κ2) is 2.55. The molecule has 0 radical (unpaired) electrons. The Kier molecular flexibility index (Phi) is 1.51. The Hall–Kier alpha value is -1.91. The fraction of sp³-hybridized carbons (Fsp3) is 0.125. The van der Waals surface area contributed by atoms with Crippen LogP contribution in [0.15, 0.2) is 18.5 Å². The molecule has 0 saturated carbocycles. The van der Waals surface area contributed by atoms with Crippen molar-refractivity contribution in [1.82, 2.24) is 14.6 Å². The van der Waals surface area contributed by atoms with Gasteiger partial charge in [-0.15, -0.1) is 0 Å². The van der Waals surface area contributed by atoms with E-state index in [1.165, 1.54) is 4.52 Å². The summed E-state index contributed by atoms with van der Waals surface area (Å²) in [5.74, 6) is -0.539. The van der Waals surface area contributed by atoms with Crippen LogP contribution in [0, 0.1) is 6.92 Å². The molecule has 0 aliphatic rings. The molecule has 2 aromatic rings. The molecule has 0 aliphatic heterocycles. The molecule has 13 heavy (non-hydrogen) atoms. The predicted molar refractivity (Wildman–Crippen MR) is 46.2 cm³/mol. The number of hydrogen-bond acceptors (Lipinski definition) is 3. The average molecular weight is 176 g/mol. The summed E-state index contributed by atoms with van der Waals surface area (Å²) in [6, 6.07) is 1.56. The Morgan fingerprint density at radius 1 is 1.62 bits per heavy atom. The molecular formula is C8H8N4O. The molecule has 5 nitrogen and oxygen atoms in total. The lowest BCUT2D eigenvalue weighted by atomic mass is 10.4. The average Bonchev–Trinajstić information content (AvgIpc) is 2.46. The monoisotopic (exact) mass is 176 g/mol. The summed E-state index contributed by atoms with van der Waals surface area (Å²) in [6.07, 6.45) is 3.50. The van der Waals surface area contributed by atoms with Gasteiger partial charge in [-0.3, -0.25) is 4.79 Å². The maximum atomic E-state index is 10.8. The van der Waals surface area contributed by atoms with E-state index in [9.17, 15) is 4.79 Å². The highest BCUT2D eigenvalue weighted by molar-refractivity contribution is 5.91. The van der Waals surface area contributed by atoms with E-state index in [-0.39, 0.29) is 5.69 Å². The summed E-state index contributed by atoms with van der Waals surface area (Å²) in [6.45, 7) is 1.90. The van der Waals surface area contributed by atoms with E-state index in [2.05, 4.69) is 10.1 Å². The number of amides is 1. The lowest BCUT2D eigenvalue weighted by Gasteiger charge is -1.92. The van der Waals surface area contributed by atoms with Gasteiger partial charge in [-0.2, -0.15) is 5.10 Å². The van der Waals surface area contributed by atoms with Gasteiger partial charge in [0.15, 0.2) is 11.3 Å². The number of aryl methyl sites for hydroxylation is 1. The summed E-state index contributed by atoms with van der Waals surface area (Å²) < 4.78 is 1.54. The number of rotatable bonds is 1. The second-order valence-corrected chi connectivity index (χ2v) is 2.83. The molecule has 5 heteroatoms. The van der Waals surface area contributed by atoms with Gasteiger partial charge in [0.05, 0.1) is 0 Å². The molecule has 2 aromatic heterocycles. The zero-order chi connectivity index (χ0) is 9.42. The lowest BCUT2D eigenvalue weighted by Crippen LogP contribution is -2.11. The molecule has 0 fully saturated rings. The van der Waals surface area contributed by atoms with Crippen molar-refractivity contribution < 1.29 is 4.79 Å². The zero-order valence-electron chi connectivity index (χ0n) is 7.06. The number of fused-ring (bicyclic) bond motifs is 1. The van der Waals surface area contributed by atoms with Gasteiger partial charge in [-0.05, 0) is 12.5 Å². The minimum absolute atomic E-state index is 0.234. The third kappa shape index (κ3) is 1.24. The highest BCUT2D eigenvalue weighted by Gasteiger charge is 2.06. The highest BCUT2D eigenvalue weighted by Crippen LogP contribution is 2.03. The number of hydrogen-bond donors (Lipinski definition) is 1. The molecule has 0 spiro atoms. The standard InChI is InChI=1S/C8H8N4O/c1-5-3-10-7-2-6(8(9)13)11-12(7)4-5/h2-4H,1H3,(H2,9,13). The summed E-state index contributed by atoms with van der Waals surface area (Å²) in [4.78, 5) is 14.9. The molecule has 1 amide bonds. The van der Waals surface area contributed by atoms with Gasteiger partial charge < -0.3 is 5.73 Å². The first-order valence-electron chi connectivity index (χ1n) is 3.78. The largest absolute Gasteiger partial charge is 0.364 e. The molecule has 0 aromatic carbocycles. The first-order chi connectivity index (χ1) is 6.16. The number of carbonyl (C=O) groups excluding carboxylic acids is 1. The van der Waals surface area contributed by atoms with Crippen molar-refractivity contribution in [1.29, 1.82) is 0 Å². The quantitative estimate of drug-likeness (QED) is 0.671. The Morgan fingerprint density at radius 2 is 2.38 bits per heavy atom. The normalized spacial score (nSPS) is 10.5. The molecule has 0 aliphatic carbocycles. The van der Waals surface area contributed by atoms with Crippen LogP contribution in [0.5, 0.6) is 0 Å². The summed E-state index contributed by atoms with van der Waals surface area (Å²) in [7, 11) is 0. The number of nitrogens with zero attached hydrogens (tertiary/aromatic N) is 3. The number of aromatic nitrogens is 3. The van der Waals surface area contributed by atoms with E-state index in [0.717, 1.165) is 5.56 Å². The first kappa shape index (κ1) is 7.72. The highest BCUT2D eigenvalue weighted by atomic mass is 16.1. The van der Waals surface area contributed by atoms with Gasteiger partial charge in [-0.25, -0.2) is 9.50 Å². The van der Waals surface area contributed by atoms with Gasteiger partial charge >= 0.3 is 0 Å². The Labute approximate surface area is 74.2 Å². The van der Waals surface area contributed by atoms with E-state index >= 15 is 0 Å². The zero-order valence-corrected chi connectivity index (χ0v) is 7.06. The van der Waals surface area contributed by atoms with Crippen LogP contribution in [-0.2, 0) is 0 Å². The third-order valence-electron chi connectivity index (χ3n) is 1.69. The van der Waals surface area contributed by atoms with Crippen LogP contribution in [0.2, 0.25) is 0 Å². The van der Waals surface area contributed by atoms with Crippen molar-refractivity contribution in [3.8, 4) is 0 Å². The van der Waals surface area contributed by atoms with Crippen LogP contribution in [0.25, 0.3) is 5.65 Å². The smallest absolute Gasteiger partial charge is 0.269 e. The fourth-order valence-electron chi connectivity index (χ4n) is 1.09. The molecular weight excluding hydrogens is 168 g/mol. The minimum atomic E-state index is -0.539. The second-order valence-electron chi connectivity index (χ2n) is 2.83. The van der Waals surface area contributed by atoms with E-state index < -0.39 is 5.91 Å². The van der Waals surface area contributed by atoms with Crippen molar-refractivity contribution in [3.05, 3.63) is 29.7 Å². The molecule has 0 saturated heterocycles. The fourth-order valence-corrected chi connectivity index (χ4v) is 1.09. The van der Waals surface area contributed by atoms with Crippen molar-refractivity contribution in [3.63, 3.8) is 0 Å². The lowest BCUT2D eigenvalue weighted by molar-refractivity contribution is 0.0995. The molecule has 2 N–H and O–H groups in total. The molecule has 0 atom stereocenters. The van der Waals surface area contributed by atoms with E-state index in [1.807, 2.05) is 6.92 Å². The Bertz CT molecular complexity index is 474. The van der Waals surface area contributed by atoms with E-state index in [1.54, 1.807) is 18.5 Å². The van der Waals surface area contributed by atoms with Crippen LogP contribution >= 0.6 is 0 Å². The Morgan fingerprint density at radius 3 is 3.08 bits per heavy atom. The molecule has 2 rings (SSSR count). The summed E-state index contributed by atoms with van der Waals surface area (Å²) in [5, 5.41) is 3.95. The van der Waals surface area contributed by atoms with Crippen LogP contribution in [0.4, 0.5) is 0 Å².